The lowest BCUT2D eigenvalue weighted by Crippen LogP contribution is -2.65. The molecule has 8 aliphatic heterocycles. The van der Waals surface area contributed by atoms with E-state index in [0.717, 1.165) is 87.1 Å². The first kappa shape index (κ1) is 114. The van der Waals surface area contributed by atoms with Crippen molar-refractivity contribution >= 4 is 76.6 Å². The van der Waals surface area contributed by atoms with Crippen molar-refractivity contribution in [1.82, 2.24) is 31.9 Å². The standard InChI is InChI=1S/C99H135Cl2N7O35/c1-7-9-10-11-12-13-14-15-16-17-19-29-104-99(6)40-73(136-47(5)91(99)130)141-90-86(128)83(125)71(44-111)140-98(90)143-89-68-35-52-36-69(89)138-67-27-24-51(33-59(67)101)79(121)77-95(134)108-96(135-45-112)56-39-62(115)57(41-103-28-20-18-21-61(114)81(123)85(127)88(65(118)42-109)142-97-87(129)84(126)82(124)70(43-110)139-97)80(122)74(56)55-31-49(22-25-60(55)113)54(94(133)107-77)38-64(117)75(52)105-93(132)53(37-72(102)119)34-63(116)76(106-92(131)48(8-2)30-46(3)4)78(120)50-23-26-66(137-68)58(100)32-50/h22-27,31-33,35-36,39,45-48,53-54,65,70-71,73,75-79,81-88,90-91,96-98,103-104,109-111,113,115,118,120-130H,7-21,28-30,34,37-38,40-44H2,1-6H3,(H2,102,119)(H,105,132)(H,106,131)(H,107,133)(H,108,134)/t47-,48+,53-,54-,65+,70?,71+,73-,75+,76-,77-,78+,79+,81-,82-,83?,84-,85+,86?,87?,88+,90+,91+,96+,97-,98-,99?/m0/s1. The van der Waals surface area contributed by atoms with Gasteiger partial charge < -0.3 is 167 Å². The van der Waals surface area contributed by atoms with Gasteiger partial charge in [-0.1, -0.05) is 133 Å². The SMILES string of the molecule is CCCCCCCCCCCCCNC1(C)C[C@H](O[C@@H]2C(O)C(O)[C@@H](CO)O[C@H]2Oc2c3cc4cc2Oc2ccc(cc2Cl)[C@@H](O)[C@@H](NC(=O)[C@H](CC)CC(C)C)C(=O)C[C@@H](CC(N)=O)C(=O)N[C@H]4C(=O)C[C@@H]2C(=O)N[C@H](C(=O)N[C@H](OC=O)c4cc(O)c(CNCCCCC(=O)[C@H](O)[C@@H](O)[C@H](O[C@@H]5OC(CO)[C@H](O)[C@H](O)C5O)[C@H](O)CO)c(O)c4-c4cc2ccc4O)[C@H](O)c2ccc(c(Cl)c2)O3)O[C@@H](C)[C@H]1O. The van der Waals surface area contributed by atoms with Crippen molar-refractivity contribution in [1.29, 1.82) is 0 Å². The first-order valence-electron chi connectivity index (χ1n) is 48.5. The van der Waals surface area contributed by atoms with Gasteiger partial charge >= 0.3 is 0 Å². The Morgan fingerprint density at radius 3 is 1.84 bits per heavy atom. The third-order valence-electron chi connectivity index (χ3n) is 27.1. The first-order valence-corrected chi connectivity index (χ1v) is 49.3. The van der Waals surface area contributed by atoms with Crippen LogP contribution in [0.1, 0.15) is 234 Å². The number of nitrogens with two attached hydrogens (primary N) is 1. The van der Waals surface area contributed by atoms with Crippen molar-refractivity contribution in [2.75, 3.05) is 32.9 Å². The van der Waals surface area contributed by atoms with Crippen LogP contribution in [-0.2, 0) is 78.1 Å². The second-order valence-electron chi connectivity index (χ2n) is 38.1. The number of halogens is 2. The zero-order valence-electron chi connectivity index (χ0n) is 80.3. The molecule has 0 aliphatic carbocycles. The van der Waals surface area contributed by atoms with E-state index in [1.54, 1.807) is 20.8 Å². The Labute approximate surface area is 835 Å². The van der Waals surface area contributed by atoms with Gasteiger partial charge in [-0.15, -0.1) is 0 Å². The highest BCUT2D eigenvalue weighted by Crippen LogP contribution is 2.52. The molecule has 13 rings (SSSR count). The number of rotatable bonds is 42. The maximum atomic E-state index is 16.7. The van der Waals surface area contributed by atoms with E-state index < -0.39 is 331 Å². The molecule has 3 fully saturated rings. The van der Waals surface area contributed by atoms with E-state index in [0.29, 0.717) is 13.0 Å². The van der Waals surface area contributed by atoms with Crippen LogP contribution in [0.2, 0.25) is 10.0 Å². The molecule has 42 nitrogen and oxygen atoms in total. The Balaban J connectivity index is 1.01. The van der Waals surface area contributed by atoms with Gasteiger partial charge in [0, 0.05) is 66.8 Å². The molecule has 5 aromatic carbocycles. The van der Waals surface area contributed by atoms with Gasteiger partial charge in [-0.05, 0) is 142 Å². The van der Waals surface area contributed by atoms with Gasteiger partial charge in [0.15, 0.2) is 47.5 Å². The minimum absolute atomic E-state index is 0.0370. The summed E-state index contributed by atoms with van der Waals surface area (Å²) in [5, 5.41) is 209. The number of fused-ring (bicyclic) bond motifs is 15. The van der Waals surface area contributed by atoms with E-state index in [1.165, 1.54) is 56.4 Å². The molecule has 5 unspecified atom stereocenters. The number of hydrogen-bond acceptors (Lipinski definition) is 37. The number of carbonyl (C=O) groups excluding carboxylic acids is 9. The number of carbonyl (C=O) groups is 9. The van der Waals surface area contributed by atoms with E-state index in [4.69, 9.17) is 71.6 Å². The van der Waals surface area contributed by atoms with E-state index in [2.05, 4.69) is 38.8 Å². The number of ether oxygens (including phenoxy) is 9. The second kappa shape index (κ2) is 52.2. The van der Waals surface area contributed by atoms with Crippen LogP contribution in [0.3, 0.4) is 0 Å². The van der Waals surface area contributed by atoms with Gasteiger partial charge in [0.05, 0.1) is 59.5 Å². The highest BCUT2D eigenvalue weighted by atomic mass is 35.5. The fourth-order valence-corrected chi connectivity index (χ4v) is 19.3. The summed E-state index contributed by atoms with van der Waals surface area (Å²) >= 11 is 14.5. The van der Waals surface area contributed by atoms with Gasteiger partial charge in [0.2, 0.25) is 47.8 Å². The molecule has 3 saturated heterocycles. The monoisotopic (exact) mass is 2050 g/mol. The zero-order valence-corrected chi connectivity index (χ0v) is 81.8. The van der Waals surface area contributed by atoms with Crippen LogP contribution in [0.5, 0.6) is 46.0 Å². The van der Waals surface area contributed by atoms with E-state index in [9.17, 15) is 106 Å². The average Bonchev–Trinajstić information content (AvgIpc) is 0.754. The number of phenols is 3. The number of aromatic hydroxyl groups is 3. The van der Waals surface area contributed by atoms with Gasteiger partial charge in [0.25, 0.3) is 6.47 Å². The maximum absolute atomic E-state index is 16.7. The number of benzene rings is 5. The molecular weight excluding hydrogens is 1920 g/mol. The molecule has 25 N–H and O–H groups in total. The summed E-state index contributed by atoms with van der Waals surface area (Å²) in [4.78, 5) is 134. The summed E-state index contributed by atoms with van der Waals surface area (Å²) in [6.45, 7) is 7.71. The maximum Gasteiger partial charge on any atom is 0.295 e. The summed E-state index contributed by atoms with van der Waals surface area (Å²) in [6.07, 6.45) is -29.0. The molecule has 790 valence electrons. The largest absolute Gasteiger partial charge is 0.507 e. The van der Waals surface area contributed by atoms with E-state index in [1.807, 2.05) is 13.8 Å². The third kappa shape index (κ3) is 28.1. The summed E-state index contributed by atoms with van der Waals surface area (Å²) in [5.74, 6) is -19.0. The van der Waals surface area contributed by atoms with Crippen molar-refractivity contribution in [3.63, 3.8) is 0 Å². The number of nitrogens with one attached hydrogen (secondary N) is 6. The third-order valence-corrected chi connectivity index (χ3v) is 27.7. The van der Waals surface area contributed by atoms with Crippen molar-refractivity contribution in [3.05, 3.63) is 116 Å². The number of Topliss-reactive ketones (excluding diaryl/α,β-unsaturated/α-hetero) is 3. The number of ketones is 3. The van der Waals surface area contributed by atoms with Crippen LogP contribution in [0.4, 0.5) is 0 Å². The number of amides is 5. The minimum atomic E-state index is -2.34. The normalized spacial score (nSPS) is 28.6. The molecule has 0 saturated carbocycles. The number of aliphatic hydroxyl groups is 14. The molecule has 0 aromatic heterocycles. The molecule has 27 atom stereocenters. The predicted molar refractivity (Wildman–Crippen MR) is 507 cm³/mol. The summed E-state index contributed by atoms with van der Waals surface area (Å²) in [5.41, 5.74) is 1.74. The lowest BCUT2D eigenvalue weighted by molar-refractivity contribution is -0.334. The highest BCUT2D eigenvalue weighted by molar-refractivity contribution is 6.32. The minimum Gasteiger partial charge on any atom is -0.507 e. The summed E-state index contributed by atoms with van der Waals surface area (Å²) in [6, 6.07) is 6.91. The number of primary amides is 1. The van der Waals surface area contributed by atoms with Crippen molar-refractivity contribution in [2.24, 2.45) is 23.5 Å². The fourth-order valence-electron chi connectivity index (χ4n) is 18.8. The quantitative estimate of drug-likeness (QED) is 0.0196. The molecule has 5 amide bonds. The Hall–Kier alpha value is -9.53. The number of phenolic OH excluding ortho intramolecular Hbond substituents is 3. The second-order valence-corrected chi connectivity index (χ2v) is 38.9. The average molecular weight is 2050 g/mol. The molecule has 5 aromatic rings. The number of unbranched alkanes of at least 4 members (excludes halogenated alkanes) is 11. The van der Waals surface area contributed by atoms with Crippen LogP contribution < -0.4 is 51.8 Å². The molecule has 0 spiro atoms. The lowest BCUT2D eigenvalue weighted by Gasteiger charge is -2.48. The van der Waals surface area contributed by atoms with Crippen LogP contribution in [0.15, 0.2) is 72.8 Å². The molecule has 44 heteroatoms. The summed E-state index contributed by atoms with van der Waals surface area (Å²) in [7, 11) is 0. The Kier molecular flexibility index (Phi) is 41.5. The van der Waals surface area contributed by atoms with E-state index in [-0.39, 0.29) is 77.6 Å². The zero-order chi connectivity index (χ0) is 104. The molecule has 143 heavy (non-hydrogen) atoms. The van der Waals surface area contributed by atoms with Gasteiger partial charge in [-0.2, -0.15) is 0 Å². The van der Waals surface area contributed by atoms with Crippen LogP contribution in [0, 0.1) is 17.8 Å². The van der Waals surface area contributed by atoms with Crippen molar-refractivity contribution in [3.8, 4) is 57.1 Å². The smallest absolute Gasteiger partial charge is 0.295 e. The molecule has 0 radical (unpaired) electrons. The van der Waals surface area contributed by atoms with Gasteiger partial charge in [-0.25, -0.2) is 0 Å². The fraction of sp³-hybridized carbons (Fsp3) is 0.606. The van der Waals surface area contributed by atoms with Crippen LogP contribution >= 0.6 is 23.2 Å². The first-order chi connectivity index (χ1) is 68.1. The predicted octanol–water partition coefficient (Wildman–Crippen LogP) is 3.60. The van der Waals surface area contributed by atoms with Crippen LogP contribution in [-0.4, -0.2) is 295 Å². The number of hydrogen-bond donors (Lipinski definition) is 24. The Morgan fingerprint density at radius 1 is 0.643 bits per heavy atom. The molecular formula is C99H135Cl2N7O35. The lowest BCUT2D eigenvalue weighted by atomic mass is 9.84. The topological polar surface area (TPSA) is 679 Å². The summed E-state index contributed by atoms with van der Waals surface area (Å²) < 4.78 is 56.1. The van der Waals surface area contributed by atoms with Crippen LogP contribution in [0.25, 0.3) is 11.1 Å². The molecule has 8 heterocycles. The Morgan fingerprint density at radius 2 is 1.24 bits per heavy atom. The number of aliphatic hydroxyl groups excluding tert-OH is 14. The Bertz CT molecular complexity index is 5200. The highest BCUT2D eigenvalue weighted by Gasteiger charge is 2.54. The van der Waals surface area contributed by atoms with Gasteiger partial charge in [-0.3, -0.25) is 43.2 Å². The van der Waals surface area contributed by atoms with Crippen molar-refractivity contribution < 1.29 is 173 Å². The van der Waals surface area contributed by atoms with Crippen molar-refractivity contribution in [2.45, 2.75) is 329 Å². The molecule has 11 bridgehead atoms. The van der Waals surface area contributed by atoms with Gasteiger partial charge in [0.1, 0.15) is 126 Å². The van der Waals surface area contributed by atoms with E-state index >= 15 is 24.0 Å². The molecule has 8 aliphatic rings.